The van der Waals surface area contributed by atoms with Crippen LogP contribution in [0.4, 0.5) is 0 Å². The fourth-order valence-electron chi connectivity index (χ4n) is 2.02. The van der Waals surface area contributed by atoms with Crippen LogP contribution in [-0.2, 0) is 10.0 Å². The predicted molar refractivity (Wildman–Crippen MR) is 84.4 cm³/mol. The molecular weight excluding hydrogens is 352 g/mol. The lowest BCUT2D eigenvalue weighted by Gasteiger charge is -2.10. The quantitative estimate of drug-likeness (QED) is 0.715. The highest BCUT2D eigenvalue weighted by atomic mass is 79.9. The molecule has 0 atom stereocenters. The molecule has 0 fully saturated rings. The highest BCUT2D eigenvalue weighted by Gasteiger charge is 2.21. The van der Waals surface area contributed by atoms with Gasteiger partial charge in [-0.25, -0.2) is 17.4 Å². The zero-order chi connectivity index (χ0) is 14.9. The first-order chi connectivity index (χ1) is 10.1. The van der Waals surface area contributed by atoms with E-state index in [0.29, 0.717) is 5.82 Å². The van der Waals surface area contributed by atoms with Crippen molar-refractivity contribution < 1.29 is 8.42 Å². The van der Waals surface area contributed by atoms with E-state index in [0.717, 1.165) is 10.0 Å². The normalized spacial score (nSPS) is 11.5. The summed E-state index contributed by atoms with van der Waals surface area (Å²) in [6, 6.07) is 15.7. The van der Waals surface area contributed by atoms with Gasteiger partial charge in [-0.1, -0.05) is 52.3 Å². The van der Waals surface area contributed by atoms with E-state index in [1.807, 2.05) is 24.3 Å². The van der Waals surface area contributed by atoms with E-state index in [-0.39, 0.29) is 4.90 Å². The van der Waals surface area contributed by atoms with E-state index < -0.39 is 10.0 Å². The van der Waals surface area contributed by atoms with Crippen LogP contribution in [0.5, 0.6) is 0 Å². The summed E-state index contributed by atoms with van der Waals surface area (Å²) in [5, 5.41) is 0. The highest BCUT2D eigenvalue weighted by Crippen LogP contribution is 2.28. The van der Waals surface area contributed by atoms with Crippen molar-refractivity contribution in [2.75, 3.05) is 0 Å². The van der Waals surface area contributed by atoms with Crippen molar-refractivity contribution >= 4 is 26.0 Å². The second kappa shape index (κ2) is 5.46. The van der Waals surface area contributed by atoms with E-state index in [1.165, 1.54) is 16.4 Å². The highest BCUT2D eigenvalue weighted by molar-refractivity contribution is 9.10. The number of imidazole rings is 1. The molecule has 0 unspecified atom stereocenters. The summed E-state index contributed by atoms with van der Waals surface area (Å²) in [4.78, 5) is 4.43. The molecule has 2 aromatic carbocycles. The standard InChI is InChI=1S/C15H11BrN2O2S/c16-14-9-5-4-8-13(14)15-17-10-11-18(15)21(19,20)12-6-2-1-3-7-12/h1-11H. The van der Waals surface area contributed by atoms with Crippen LogP contribution < -0.4 is 0 Å². The van der Waals surface area contributed by atoms with Gasteiger partial charge in [0, 0.05) is 22.4 Å². The Morgan fingerprint density at radius 1 is 0.952 bits per heavy atom. The van der Waals surface area contributed by atoms with Crippen LogP contribution in [-0.4, -0.2) is 17.4 Å². The fraction of sp³-hybridized carbons (Fsp3) is 0. The summed E-state index contributed by atoms with van der Waals surface area (Å²) in [6.45, 7) is 0. The Hall–Kier alpha value is -1.92. The molecular formula is C15H11BrN2O2S. The van der Waals surface area contributed by atoms with Crippen LogP contribution in [0.2, 0.25) is 0 Å². The first-order valence-electron chi connectivity index (χ1n) is 6.19. The average Bonchev–Trinajstić information content (AvgIpc) is 2.99. The summed E-state index contributed by atoms with van der Waals surface area (Å²) in [6.07, 6.45) is 2.94. The molecule has 0 aliphatic rings. The van der Waals surface area contributed by atoms with Crippen LogP contribution in [0.1, 0.15) is 0 Å². The van der Waals surface area contributed by atoms with Crippen LogP contribution in [0.3, 0.4) is 0 Å². The largest absolute Gasteiger partial charge is 0.269 e. The smallest absolute Gasteiger partial charge is 0.236 e. The van der Waals surface area contributed by atoms with Gasteiger partial charge in [0.1, 0.15) is 0 Å². The Kier molecular flexibility index (Phi) is 3.65. The van der Waals surface area contributed by atoms with E-state index in [1.54, 1.807) is 30.3 Å². The molecule has 3 rings (SSSR count). The van der Waals surface area contributed by atoms with Crippen LogP contribution in [0.25, 0.3) is 11.4 Å². The lowest BCUT2D eigenvalue weighted by Crippen LogP contribution is -2.13. The average molecular weight is 363 g/mol. The molecule has 0 aliphatic heterocycles. The summed E-state index contributed by atoms with van der Waals surface area (Å²) in [7, 11) is -3.66. The summed E-state index contributed by atoms with van der Waals surface area (Å²) in [5.74, 6) is 0.381. The molecule has 0 spiro atoms. The Morgan fingerprint density at radius 2 is 1.62 bits per heavy atom. The van der Waals surface area contributed by atoms with Crippen molar-refractivity contribution in [2.24, 2.45) is 0 Å². The number of rotatable bonds is 3. The Labute approximate surface area is 131 Å². The van der Waals surface area contributed by atoms with Gasteiger partial charge < -0.3 is 0 Å². The van der Waals surface area contributed by atoms with Gasteiger partial charge in [-0.2, -0.15) is 0 Å². The van der Waals surface area contributed by atoms with Gasteiger partial charge in [-0.3, -0.25) is 0 Å². The summed E-state index contributed by atoms with van der Waals surface area (Å²) in [5.41, 5.74) is 0.724. The molecule has 0 saturated carbocycles. The Bertz CT molecular complexity index is 873. The Balaban J connectivity index is 2.19. The second-order valence-corrected chi connectivity index (χ2v) is 7.01. The maximum atomic E-state index is 12.7. The second-order valence-electron chi connectivity index (χ2n) is 4.34. The number of nitrogens with zero attached hydrogens (tertiary/aromatic N) is 2. The lowest BCUT2D eigenvalue weighted by atomic mass is 10.2. The third-order valence-electron chi connectivity index (χ3n) is 3.02. The van der Waals surface area contributed by atoms with Crippen molar-refractivity contribution in [2.45, 2.75) is 4.90 Å². The molecule has 21 heavy (non-hydrogen) atoms. The molecule has 4 nitrogen and oxygen atoms in total. The number of benzene rings is 2. The minimum atomic E-state index is -3.66. The van der Waals surface area contributed by atoms with Crippen molar-refractivity contribution in [1.29, 1.82) is 0 Å². The number of aromatic nitrogens is 2. The molecule has 0 amide bonds. The van der Waals surface area contributed by atoms with Crippen LogP contribution >= 0.6 is 15.9 Å². The van der Waals surface area contributed by atoms with Gasteiger partial charge in [0.05, 0.1) is 4.90 Å². The number of hydrogen-bond donors (Lipinski definition) is 0. The molecule has 106 valence electrons. The molecule has 0 N–H and O–H groups in total. The van der Waals surface area contributed by atoms with E-state index in [2.05, 4.69) is 20.9 Å². The van der Waals surface area contributed by atoms with Gasteiger partial charge in [-0.05, 0) is 18.2 Å². The molecule has 1 heterocycles. The van der Waals surface area contributed by atoms with Gasteiger partial charge in [0.2, 0.25) is 0 Å². The van der Waals surface area contributed by atoms with Crippen LogP contribution in [0.15, 0.2) is 76.4 Å². The molecule has 0 saturated heterocycles. The van der Waals surface area contributed by atoms with E-state index >= 15 is 0 Å². The molecule has 0 aliphatic carbocycles. The minimum absolute atomic E-state index is 0.233. The topological polar surface area (TPSA) is 52.0 Å². The molecule has 1 aromatic heterocycles. The van der Waals surface area contributed by atoms with Crippen LogP contribution in [0, 0.1) is 0 Å². The van der Waals surface area contributed by atoms with E-state index in [4.69, 9.17) is 0 Å². The lowest BCUT2D eigenvalue weighted by molar-refractivity contribution is 0.588. The maximum absolute atomic E-state index is 12.7. The van der Waals surface area contributed by atoms with Crippen molar-refractivity contribution in [3.8, 4) is 11.4 Å². The monoisotopic (exact) mass is 362 g/mol. The van der Waals surface area contributed by atoms with Gasteiger partial charge >= 0.3 is 0 Å². The summed E-state index contributed by atoms with van der Waals surface area (Å²) < 4.78 is 27.4. The first-order valence-corrected chi connectivity index (χ1v) is 8.43. The maximum Gasteiger partial charge on any atom is 0.269 e. The molecule has 0 radical (unpaired) electrons. The van der Waals surface area contributed by atoms with Crippen molar-refractivity contribution in [3.05, 3.63) is 71.5 Å². The predicted octanol–water partition coefficient (Wildman–Crippen LogP) is 3.55. The SMILES string of the molecule is O=S(=O)(c1ccccc1)n1ccnc1-c1ccccc1Br. The van der Waals surface area contributed by atoms with E-state index in [9.17, 15) is 8.42 Å². The summed E-state index contributed by atoms with van der Waals surface area (Å²) >= 11 is 3.43. The zero-order valence-electron chi connectivity index (χ0n) is 10.8. The van der Waals surface area contributed by atoms with Gasteiger partial charge in [0.15, 0.2) is 5.82 Å². The third kappa shape index (κ3) is 2.52. The molecule has 0 bridgehead atoms. The molecule has 3 aromatic rings. The van der Waals surface area contributed by atoms with Gasteiger partial charge in [-0.15, -0.1) is 0 Å². The molecule has 6 heteroatoms. The fourth-order valence-corrected chi connectivity index (χ4v) is 3.80. The zero-order valence-corrected chi connectivity index (χ0v) is 13.3. The first kappa shape index (κ1) is 14.0. The third-order valence-corrected chi connectivity index (χ3v) is 5.39. The van der Waals surface area contributed by atoms with Crippen molar-refractivity contribution in [1.82, 2.24) is 8.96 Å². The van der Waals surface area contributed by atoms with Crippen molar-refractivity contribution in [3.63, 3.8) is 0 Å². The number of halogens is 1. The number of hydrogen-bond acceptors (Lipinski definition) is 3. The van der Waals surface area contributed by atoms with Gasteiger partial charge in [0.25, 0.3) is 10.0 Å². The minimum Gasteiger partial charge on any atom is -0.236 e. The Morgan fingerprint density at radius 3 is 2.33 bits per heavy atom.